The van der Waals surface area contributed by atoms with Crippen molar-refractivity contribution in [2.24, 2.45) is 11.1 Å². The van der Waals surface area contributed by atoms with Gasteiger partial charge in [0.2, 0.25) is 0 Å². The molecule has 0 aromatic heterocycles. The van der Waals surface area contributed by atoms with Crippen LogP contribution in [0.5, 0.6) is 0 Å². The molecule has 6 heteroatoms. The van der Waals surface area contributed by atoms with Gasteiger partial charge in [-0.25, -0.2) is 9.44 Å². The monoisotopic (exact) mass is 235 g/mol. The van der Waals surface area contributed by atoms with Crippen molar-refractivity contribution in [3.8, 4) is 0 Å². The van der Waals surface area contributed by atoms with Gasteiger partial charge >= 0.3 is 0 Å². The average molecular weight is 235 g/mol. The molecule has 0 heterocycles. The van der Waals surface area contributed by atoms with Crippen molar-refractivity contribution in [3.05, 3.63) is 0 Å². The highest BCUT2D eigenvalue weighted by atomic mass is 32.2. The zero-order valence-corrected chi connectivity index (χ0v) is 10.1. The number of hydrogen-bond donors (Lipinski definition) is 3. The molecule has 0 amide bonds. The van der Waals surface area contributed by atoms with Crippen LogP contribution in [-0.2, 0) is 10.2 Å². The fraction of sp³-hybridized carbons (Fsp3) is 1.00. The van der Waals surface area contributed by atoms with Crippen molar-refractivity contribution in [1.29, 1.82) is 0 Å². The molecule has 0 aliphatic heterocycles. The van der Waals surface area contributed by atoms with Gasteiger partial charge in [0.1, 0.15) is 0 Å². The first-order valence-corrected chi connectivity index (χ1v) is 6.96. The Morgan fingerprint density at radius 3 is 2.33 bits per heavy atom. The first-order chi connectivity index (χ1) is 7.04. The number of nitrogens with two attached hydrogens (primary N) is 1. The van der Waals surface area contributed by atoms with Gasteiger partial charge in [0.15, 0.2) is 0 Å². The van der Waals surface area contributed by atoms with E-state index in [0.717, 1.165) is 25.7 Å². The highest BCUT2D eigenvalue weighted by Gasteiger charge is 2.33. The first kappa shape index (κ1) is 12.9. The van der Waals surface area contributed by atoms with E-state index >= 15 is 0 Å². The highest BCUT2D eigenvalue weighted by Crippen LogP contribution is 2.36. The van der Waals surface area contributed by atoms with Crippen LogP contribution in [0.3, 0.4) is 0 Å². The second-order valence-electron chi connectivity index (χ2n) is 4.23. The Morgan fingerprint density at radius 1 is 1.27 bits per heavy atom. The minimum absolute atomic E-state index is 0.0114. The zero-order chi connectivity index (χ0) is 11.4. The van der Waals surface area contributed by atoms with Gasteiger partial charge in [-0.1, -0.05) is 19.8 Å². The lowest BCUT2D eigenvalue weighted by Crippen LogP contribution is -2.44. The van der Waals surface area contributed by atoms with Crippen molar-refractivity contribution < 1.29 is 8.42 Å². The number of hydrogen-bond acceptors (Lipinski definition) is 3. The van der Waals surface area contributed by atoms with E-state index in [9.17, 15) is 8.42 Å². The predicted molar refractivity (Wildman–Crippen MR) is 60.6 cm³/mol. The Morgan fingerprint density at radius 2 is 1.87 bits per heavy atom. The van der Waals surface area contributed by atoms with Gasteiger partial charge in [-0.2, -0.15) is 8.42 Å². The second-order valence-corrected chi connectivity index (χ2v) is 5.82. The van der Waals surface area contributed by atoms with E-state index in [1.165, 1.54) is 0 Å². The van der Waals surface area contributed by atoms with Gasteiger partial charge < -0.3 is 5.73 Å². The molecule has 0 spiro atoms. The van der Waals surface area contributed by atoms with Gasteiger partial charge in [-0.3, -0.25) is 0 Å². The lowest BCUT2D eigenvalue weighted by Gasteiger charge is -2.27. The van der Waals surface area contributed by atoms with Gasteiger partial charge in [0.25, 0.3) is 10.2 Å². The van der Waals surface area contributed by atoms with Crippen molar-refractivity contribution in [3.63, 3.8) is 0 Å². The molecule has 90 valence electrons. The van der Waals surface area contributed by atoms with Crippen molar-refractivity contribution >= 4 is 10.2 Å². The minimum atomic E-state index is -3.32. The van der Waals surface area contributed by atoms with Gasteiger partial charge in [0, 0.05) is 13.1 Å². The van der Waals surface area contributed by atoms with Crippen LogP contribution in [0.2, 0.25) is 0 Å². The summed E-state index contributed by atoms with van der Waals surface area (Å²) in [6.45, 7) is 3.18. The number of nitrogens with one attached hydrogen (secondary N) is 2. The number of rotatable bonds is 6. The first-order valence-electron chi connectivity index (χ1n) is 5.48. The summed E-state index contributed by atoms with van der Waals surface area (Å²) in [6.07, 6.45) is 4.36. The summed E-state index contributed by atoms with van der Waals surface area (Å²) < 4.78 is 27.7. The largest absolute Gasteiger partial charge is 0.330 e. The quantitative estimate of drug-likeness (QED) is 0.603. The van der Waals surface area contributed by atoms with Crippen molar-refractivity contribution in [2.45, 2.75) is 32.6 Å². The van der Waals surface area contributed by atoms with Gasteiger partial charge in [0.05, 0.1) is 0 Å². The summed E-state index contributed by atoms with van der Waals surface area (Å²) in [6, 6.07) is 0. The van der Waals surface area contributed by atoms with E-state index in [1.54, 1.807) is 6.92 Å². The molecule has 1 aliphatic rings. The van der Waals surface area contributed by atoms with Crippen LogP contribution in [0.15, 0.2) is 0 Å². The third-order valence-electron chi connectivity index (χ3n) is 3.07. The second kappa shape index (κ2) is 5.25. The average Bonchev–Trinajstić information content (AvgIpc) is 2.64. The molecule has 4 N–H and O–H groups in total. The van der Waals surface area contributed by atoms with E-state index in [1.807, 2.05) is 0 Å². The molecule has 1 rings (SSSR count). The lowest BCUT2D eigenvalue weighted by atomic mass is 9.87. The van der Waals surface area contributed by atoms with Crippen LogP contribution in [-0.4, -0.2) is 28.1 Å². The molecule has 1 saturated carbocycles. The maximum Gasteiger partial charge on any atom is 0.276 e. The standard InChI is InChI=1S/C9H21N3O2S/c1-2-11-15(13,14)12-8-9(7-10)5-3-4-6-9/h11-12H,2-8,10H2,1H3. The van der Waals surface area contributed by atoms with E-state index in [2.05, 4.69) is 9.44 Å². The van der Waals surface area contributed by atoms with Crippen LogP contribution in [0.25, 0.3) is 0 Å². The third kappa shape index (κ3) is 3.71. The van der Waals surface area contributed by atoms with Crippen LogP contribution < -0.4 is 15.2 Å². The summed E-state index contributed by atoms with van der Waals surface area (Å²) in [4.78, 5) is 0. The van der Waals surface area contributed by atoms with Crippen molar-refractivity contribution in [1.82, 2.24) is 9.44 Å². The Bertz CT molecular complexity index is 284. The molecule has 5 nitrogen and oxygen atoms in total. The topological polar surface area (TPSA) is 84.2 Å². The maximum atomic E-state index is 11.4. The summed E-state index contributed by atoms with van der Waals surface area (Å²) in [5.74, 6) is 0. The molecule has 1 aliphatic carbocycles. The maximum absolute atomic E-state index is 11.4. The normalized spacial score (nSPS) is 20.7. The highest BCUT2D eigenvalue weighted by molar-refractivity contribution is 7.87. The fourth-order valence-corrected chi connectivity index (χ4v) is 3.05. The Kier molecular flexibility index (Phi) is 4.51. The van der Waals surface area contributed by atoms with E-state index in [4.69, 9.17) is 5.73 Å². The molecule has 0 aromatic rings. The van der Waals surface area contributed by atoms with E-state index < -0.39 is 10.2 Å². The zero-order valence-electron chi connectivity index (χ0n) is 9.25. The SMILES string of the molecule is CCNS(=O)(=O)NCC1(CN)CCCC1. The molecule has 0 unspecified atom stereocenters. The molecule has 15 heavy (non-hydrogen) atoms. The van der Waals surface area contributed by atoms with Crippen LogP contribution in [0.1, 0.15) is 32.6 Å². The molecular formula is C9H21N3O2S. The summed E-state index contributed by atoms with van der Waals surface area (Å²) in [5, 5.41) is 0. The minimum Gasteiger partial charge on any atom is -0.330 e. The van der Waals surface area contributed by atoms with Crippen molar-refractivity contribution in [2.75, 3.05) is 19.6 Å². The Balaban J connectivity index is 2.47. The Labute approximate surface area is 92.0 Å². The lowest BCUT2D eigenvalue weighted by molar-refractivity contribution is 0.309. The Hall–Kier alpha value is -0.170. The molecule has 0 radical (unpaired) electrons. The molecular weight excluding hydrogens is 214 g/mol. The van der Waals surface area contributed by atoms with Crippen LogP contribution >= 0.6 is 0 Å². The third-order valence-corrected chi connectivity index (χ3v) is 4.26. The fourth-order valence-electron chi connectivity index (χ4n) is 2.07. The summed E-state index contributed by atoms with van der Waals surface area (Å²) in [5.41, 5.74) is 5.71. The van der Waals surface area contributed by atoms with Crippen LogP contribution in [0, 0.1) is 5.41 Å². The van der Waals surface area contributed by atoms with Gasteiger partial charge in [-0.05, 0) is 24.8 Å². The smallest absolute Gasteiger partial charge is 0.276 e. The van der Waals surface area contributed by atoms with E-state index in [-0.39, 0.29) is 5.41 Å². The predicted octanol–water partition coefficient (Wildman–Crippen LogP) is -0.0506. The summed E-state index contributed by atoms with van der Waals surface area (Å²) in [7, 11) is -3.32. The molecule has 0 saturated heterocycles. The molecule has 1 fully saturated rings. The van der Waals surface area contributed by atoms with Gasteiger partial charge in [-0.15, -0.1) is 0 Å². The van der Waals surface area contributed by atoms with Crippen LogP contribution in [0.4, 0.5) is 0 Å². The molecule has 0 bridgehead atoms. The molecule has 0 aromatic carbocycles. The van der Waals surface area contributed by atoms with E-state index in [0.29, 0.717) is 19.6 Å². The molecule has 0 atom stereocenters. The summed E-state index contributed by atoms with van der Waals surface area (Å²) >= 11 is 0.